The molecule has 0 aliphatic carbocycles. The highest BCUT2D eigenvalue weighted by atomic mass is 35.5. The van der Waals surface area contributed by atoms with E-state index in [1.807, 2.05) is 27.7 Å². The summed E-state index contributed by atoms with van der Waals surface area (Å²) in [5, 5.41) is 12.0. The zero-order valence-electron chi connectivity index (χ0n) is 11.9. The van der Waals surface area contributed by atoms with Crippen LogP contribution in [0.3, 0.4) is 0 Å². The van der Waals surface area contributed by atoms with Gasteiger partial charge in [0.15, 0.2) is 0 Å². The molecule has 1 aromatic heterocycles. The number of benzene rings is 1. The van der Waals surface area contributed by atoms with Gasteiger partial charge in [0.2, 0.25) is 0 Å². The van der Waals surface area contributed by atoms with E-state index in [1.54, 1.807) is 12.1 Å². The van der Waals surface area contributed by atoms with E-state index < -0.39 is 0 Å². The number of hydrogen-bond donors (Lipinski definition) is 0. The predicted octanol–water partition coefficient (Wildman–Crippen LogP) is 4.71. The SMILES string of the molecule is Cc1nc2cc(CC(Cl)C(C)(C)C)c([N+](=O)[O-])cc2s1. The third-order valence-electron chi connectivity index (χ3n) is 3.23. The van der Waals surface area contributed by atoms with Gasteiger partial charge in [0, 0.05) is 17.0 Å². The Labute approximate surface area is 126 Å². The molecule has 20 heavy (non-hydrogen) atoms. The molecule has 1 heterocycles. The average molecular weight is 313 g/mol. The van der Waals surface area contributed by atoms with Gasteiger partial charge in [0.05, 0.1) is 20.1 Å². The Bertz CT molecular complexity index is 661. The molecule has 4 nitrogen and oxygen atoms in total. The molecule has 108 valence electrons. The van der Waals surface area contributed by atoms with Crippen molar-refractivity contribution in [3.63, 3.8) is 0 Å². The number of thiazole rings is 1. The molecule has 0 N–H and O–H groups in total. The van der Waals surface area contributed by atoms with Gasteiger partial charge in [-0.15, -0.1) is 22.9 Å². The normalized spacial score (nSPS) is 13.7. The van der Waals surface area contributed by atoms with E-state index in [-0.39, 0.29) is 21.4 Å². The third-order valence-corrected chi connectivity index (χ3v) is 4.97. The van der Waals surface area contributed by atoms with Crippen molar-refractivity contribution >= 4 is 38.8 Å². The maximum Gasteiger partial charge on any atom is 0.274 e. The molecule has 2 rings (SSSR count). The number of nitrogens with zero attached hydrogens (tertiary/aromatic N) is 2. The number of rotatable bonds is 3. The van der Waals surface area contributed by atoms with E-state index >= 15 is 0 Å². The first-order valence-electron chi connectivity index (χ1n) is 6.37. The van der Waals surface area contributed by atoms with Crippen molar-refractivity contribution in [1.82, 2.24) is 4.98 Å². The van der Waals surface area contributed by atoms with Gasteiger partial charge in [-0.1, -0.05) is 20.8 Å². The van der Waals surface area contributed by atoms with Gasteiger partial charge >= 0.3 is 0 Å². The van der Waals surface area contributed by atoms with Gasteiger partial charge in [0.25, 0.3) is 5.69 Å². The summed E-state index contributed by atoms with van der Waals surface area (Å²) in [6.45, 7) is 7.99. The lowest BCUT2D eigenvalue weighted by molar-refractivity contribution is -0.385. The van der Waals surface area contributed by atoms with Crippen molar-refractivity contribution in [2.24, 2.45) is 5.41 Å². The number of fused-ring (bicyclic) bond motifs is 1. The standard InChI is InChI=1S/C14H17ClN2O2S/c1-8-16-10-5-9(6-13(15)14(2,3)4)11(17(18)19)7-12(10)20-8/h5,7,13H,6H2,1-4H3. The minimum atomic E-state index is -0.337. The van der Waals surface area contributed by atoms with Crippen molar-refractivity contribution in [2.75, 3.05) is 0 Å². The van der Waals surface area contributed by atoms with Crippen LogP contribution in [-0.2, 0) is 6.42 Å². The Morgan fingerprint density at radius 3 is 2.65 bits per heavy atom. The Balaban J connectivity index is 2.49. The van der Waals surface area contributed by atoms with Gasteiger partial charge in [-0.25, -0.2) is 4.98 Å². The van der Waals surface area contributed by atoms with Crippen molar-refractivity contribution in [3.8, 4) is 0 Å². The first-order valence-corrected chi connectivity index (χ1v) is 7.62. The highest BCUT2D eigenvalue weighted by molar-refractivity contribution is 7.18. The molecule has 0 fully saturated rings. The second-order valence-electron chi connectivity index (χ2n) is 5.98. The second-order valence-corrected chi connectivity index (χ2v) is 7.74. The monoisotopic (exact) mass is 312 g/mol. The van der Waals surface area contributed by atoms with Crippen LogP contribution < -0.4 is 0 Å². The maximum absolute atomic E-state index is 11.3. The molecule has 0 saturated carbocycles. The molecule has 2 aromatic rings. The second kappa shape index (κ2) is 5.30. The Morgan fingerprint density at radius 1 is 1.45 bits per heavy atom. The number of hydrogen-bond acceptors (Lipinski definition) is 4. The summed E-state index contributed by atoms with van der Waals surface area (Å²) >= 11 is 7.85. The number of aryl methyl sites for hydroxylation is 1. The quantitative estimate of drug-likeness (QED) is 0.468. The number of nitro benzene ring substituents is 1. The average Bonchev–Trinajstić information content (AvgIpc) is 2.65. The van der Waals surface area contributed by atoms with Crippen LogP contribution in [-0.4, -0.2) is 15.3 Å². The minimum Gasteiger partial charge on any atom is -0.258 e. The Hall–Kier alpha value is -1.20. The summed E-state index contributed by atoms with van der Waals surface area (Å²) in [5.41, 5.74) is 1.49. The van der Waals surface area contributed by atoms with Gasteiger partial charge in [-0.3, -0.25) is 10.1 Å². The lowest BCUT2D eigenvalue weighted by atomic mass is 9.87. The number of halogens is 1. The van der Waals surface area contributed by atoms with E-state index in [1.165, 1.54) is 11.3 Å². The fraction of sp³-hybridized carbons (Fsp3) is 0.500. The van der Waals surface area contributed by atoms with Crippen molar-refractivity contribution in [3.05, 3.63) is 32.8 Å². The molecular formula is C14H17ClN2O2S. The van der Waals surface area contributed by atoms with Gasteiger partial charge < -0.3 is 0 Å². The summed E-state index contributed by atoms with van der Waals surface area (Å²) < 4.78 is 0.847. The van der Waals surface area contributed by atoms with E-state index in [0.717, 1.165) is 15.2 Å². The third kappa shape index (κ3) is 3.10. The Morgan fingerprint density at radius 2 is 2.10 bits per heavy atom. The van der Waals surface area contributed by atoms with Crippen LogP contribution in [0.1, 0.15) is 31.3 Å². The fourth-order valence-corrected chi connectivity index (χ4v) is 2.96. The fourth-order valence-electron chi connectivity index (χ4n) is 1.95. The van der Waals surface area contributed by atoms with Crippen molar-refractivity contribution in [1.29, 1.82) is 0 Å². The molecule has 1 unspecified atom stereocenters. The van der Waals surface area contributed by atoms with E-state index in [4.69, 9.17) is 11.6 Å². The summed E-state index contributed by atoms with van der Waals surface area (Å²) in [7, 11) is 0. The highest BCUT2D eigenvalue weighted by Gasteiger charge is 2.26. The number of alkyl halides is 1. The zero-order valence-corrected chi connectivity index (χ0v) is 13.5. The van der Waals surface area contributed by atoms with Gasteiger partial charge in [0.1, 0.15) is 0 Å². The molecule has 0 amide bonds. The largest absolute Gasteiger partial charge is 0.274 e. The summed E-state index contributed by atoms with van der Waals surface area (Å²) in [6, 6.07) is 3.42. The predicted molar refractivity (Wildman–Crippen MR) is 83.8 cm³/mol. The van der Waals surface area contributed by atoms with Crippen molar-refractivity contribution in [2.45, 2.75) is 39.5 Å². The molecular weight excluding hydrogens is 296 g/mol. The molecule has 6 heteroatoms. The van der Waals surface area contributed by atoms with Crippen LogP contribution in [0.2, 0.25) is 0 Å². The molecule has 0 spiro atoms. The van der Waals surface area contributed by atoms with Crippen LogP contribution in [0, 0.1) is 22.5 Å². The summed E-state index contributed by atoms with van der Waals surface area (Å²) in [4.78, 5) is 15.3. The smallest absolute Gasteiger partial charge is 0.258 e. The summed E-state index contributed by atoms with van der Waals surface area (Å²) in [5.74, 6) is 0. The molecule has 0 bridgehead atoms. The highest BCUT2D eigenvalue weighted by Crippen LogP contribution is 2.34. The Kier molecular flexibility index (Phi) is 4.02. The van der Waals surface area contributed by atoms with E-state index in [2.05, 4.69) is 4.98 Å². The molecule has 0 aliphatic heterocycles. The van der Waals surface area contributed by atoms with Crippen LogP contribution in [0.25, 0.3) is 10.2 Å². The zero-order chi connectivity index (χ0) is 15.1. The molecule has 0 aliphatic rings. The first-order chi connectivity index (χ1) is 9.18. The van der Waals surface area contributed by atoms with E-state index in [9.17, 15) is 10.1 Å². The van der Waals surface area contributed by atoms with Crippen LogP contribution in [0.4, 0.5) is 5.69 Å². The number of nitro groups is 1. The molecule has 1 atom stereocenters. The minimum absolute atomic E-state index is 0.109. The van der Waals surface area contributed by atoms with Crippen molar-refractivity contribution < 1.29 is 4.92 Å². The number of aromatic nitrogens is 1. The molecule has 0 radical (unpaired) electrons. The first kappa shape index (κ1) is 15.2. The maximum atomic E-state index is 11.3. The van der Waals surface area contributed by atoms with E-state index in [0.29, 0.717) is 12.0 Å². The lowest BCUT2D eigenvalue weighted by Crippen LogP contribution is -2.23. The summed E-state index contributed by atoms with van der Waals surface area (Å²) in [6.07, 6.45) is 0.466. The van der Waals surface area contributed by atoms with Crippen LogP contribution in [0.15, 0.2) is 12.1 Å². The lowest BCUT2D eigenvalue weighted by Gasteiger charge is -2.25. The molecule has 0 saturated heterocycles. The van der Waals surface area contributed by atoms with Crippen LogP contribution in [0.5, 0.6) is 0 Å². The topological polar surface area (TPSA) is 56.0 Å². The van der Waals surface area contributed by atoms with Gasteiger partial charge in [-0.05, 0) is 24.8 Å². The van der Waals surface area contributed by atoms with Gasteiger partial charge in [-0.2, -0.15) is 0 Å². The van der Waals surface area contributed by atoms with Crippen LogP contribution >= 0.6 is 22.9 Å². The molecule has 1 aromatic carbocycles.